The van der Waals surface area contributed by atoms with E-state index in [1.165, 1.54) is 19.2 Å². The lowest BCUT2D eigenvalue weighted by Gasteiger charge is -2.29. The summed E-state index contributed by atoms with van der Waals surface area (Å²) in [6, 6.07) is 4.56. The Morgan fingerprint density at radius 2 is 2.00 bits per heavy atom. The fraction of sp³-hybridized carbons (Fsp3) is 0.538. The molecule has 0 bridgehead atoms. The summed E-state index contributed by atoms with van der Waals surface area (Å²) in [7, 11) is -0.0346. The topological polar surface area (TPSA) is 84.7 Å². The molecule has 1 aromatic rings. The molecule has 1 aliphatic heterocycles. The molecule has 1 fully saturated rings. The Bertz CT molecular complexity index is 566. The van der Waals surface area contributed by atoms with Gasteiger partial charge in [-0.2, -0.15) is 0 Å². The van der Waals surface area contributed by atoms with Gasteiger partial charge in [-0.1, -0.05) is 0 Å². The number of likely N-dealkylation sites (tertiary alicyclic amines) is 1. The number of piperidine rings is 1. The molecule has 0 unspecified atom stereocenters. The van der Waals surface area contributed by atoms with E-state index >= 15 is 0 Å². The Morgan fingerprint density at radius 3 is 2.55 bits per heavy atom. The predicted octanol–water partition coefficient (Wildman–Crippen LogP) is 0.650. The van der Waals surface area contributed by atoms with Crippen LogP contribution in [0.25, 0.3) is 0 Å². The van der Waals surface area contributed by atoms with Crippen molar-refractivity contribution in [1.82, 2.24) is 9.62 Å². The first kappa shape index (κ1) is 15.1. The summed E-state index contributed by atoms with van der Waals surface area (Å²) in [5, 5.41) is 0. The quantitative estimate of drug-likeness (QED) is 0.797. The minimum absolute atomic E-state index is 0.0299. The highest BCUT2D eigenvalue weighted by atomic mass is 32.2. The molecule has 0 radical (unpaired) electrons. The Labute approximate surface area is 120 Å². The van der Waals surface area contributed by atoms with Gasteiger partial charge in [-0.25, -0.2) is 13.1 Å². The van der Waals surface area contributed by atoms with Crippen LogP contribution in [0.15, 0.2) is 23.1 Å². The highest BCUT2D eigenvalue weighted by Gasteiger charge is 2.24. The third kappa shape index (κ3) is 3.41. The van der Waals surface area contributed by atoms with E-state index in [-0.39, 0.29) is 16.6 Å². The van der Waals surface area contributed by atoms with E-state index in [4.69, 9.17) is 10.5 Å². The van der Waals surface area contributed by atoms with Crippen molar-refractivity contribution < 1.29 is 13.2 Å². The molecule has 2 rings (SSSR count). The molecule has 3 N–H and O–H groups in total. The molecule has 6 nitrogen and oxygen atoms in total. The molecule has 0 atom stereocenters. The van der Waals surface area contributed by atoms with Gasteiger partial charge >= 0.3 is 0 Å². The van der Waals surface area contributed by atoms with Gasteiger partial charge in [0.2, 0.25) is 10.0 Å². The zero-order chi connectivity index (χ0) is 14.8. The van der Waals surface area contributed by atoms with Crippen LogP contribution in [-0.4, -0.2) is 46.6 Å². The second-order valence-electron chi connectivity index (χ2n) is 5.10. The fourth-order valence-corrected chi connectivity index (χ4v) is 3.73. The summed E-state index contributed by atoms with van der Waals surface area (Å²) in [5.74, 6) is 0.542. The van der Waals surface area contributed by atoms with Crippen LogP contribution in [0.3, 0.4) is 0 Å². The van der Waals surface area contributed by atoms with Crippen molar-refractivity contribution in [3.8, 4) is 5.75 Å². The number of nitrogens with two attached hydrogens (primary N) is 1. The van der Waals surface area contributed by atoms with Crippen molar-refractivity contribution in [3.05, 3.63) is 18.2 Å². The van der Waals surface area contributed by atoms with E-state index in [9.17, 15) is 8.42 Å². The number of nitrogens with zero attached hydrogens (tertiary/aromatic N) is 1. The van der Waals surface area contributed by atoms with Gasteiger partial charge in [0.05, 0.1) is 12.8 Å². The average Bonchev–Trinajstić information content (AvgIpc) is 2.40. The number of methoxy groups -OCH3 is 1. The van der Waals surface area contributed by atoms with Crippen LogP contribution < -0.4 is 15.2 Å². The van der Waals surface area contributed by atoms with Crippen molar-refractivity contribution >= 4 is 15.7 Å². The van der Waals surface area contributed by atoms with E-state index in [1.54, 1.807) is 6.07 Å². The Balaban J connectivity index is 2.14. The van der Waals surface area contributed by atoms with Crippen LogP contribution in [-0.2, 0) is 10.0 Å². The normalized spacial score (nSPS) is 18.1. The molecule has 1 heterocycles. The lowest BCUT2D eigenvalue weighted by atomic mass is 10.1. The molecule has 0 saturated carbocycles. The summed E-state index contributed by atoms with van der Waals surface area (Å²) in [5.41, 5.74) is 6.00. The highest BCUT2D eigenvalue weighted by Crippen LogP contribution is 2.24. The first-order valence-corrected chi connectivity index (χ1v) is 8.05. The number of nitrogens with one attached hydrogen (secondary N) is 1. The van der Waals surface area contributed by atoms with Crippen molar-refractivity contribution in [2.24, 2.45) is 0 Å². The van der Waals surface area contributed by atoms with E-state index in [1.807, 2.05) is 7.05 Å². The van der Waals surface area contributed by atoms with Gasteiger partial charge in [0.25, 0.3) is 0 Å². The third-order valence-electron chi connectivity index (χ3n) is 3.55. The largest absolute Gasteiger partial charge is 0.497 e. The van der Waals surface area contributed by atoms with E-state index in [0.29, 0.717) is 5.75 Å². The lowest BCUT2D eigenvalue weighted by Crippen LogP contribution is -2.43. The molecule has 20 heavy (non-hydrogen) atoms. The van der Waals surface area contributed by atoms with E-state index < -0.39 is 10.0 Å². The van der Waals surface area contributed by atoms with Crippen LogP contribution in [0.4, 0.5) is 5.69 Å². The Morgan fingerprint density at radius 1 is 1.35 bits per heavy atom. The molecule has 0 aromatic heterocycles. The lowest BCUT2D eigenvalue weighted by molar-refractivity contribution is 0.248. The highest BCUT2D eigenvalue weighted by molar-refractivity contribution is 7.89. The van der Waals surface area contributed by atoms with Gasteiger partial charge in [0.1, 0.15) is 10.6 Å². The molecule has 7 heteroatoms. The van der Waals surface area contributed by atoms with Crippen LogP contribution in [0.1, 0.15) is 12.8 Å². The average molecular weight is 299 g/mol. The van der Waals surface area contributed by atoms with Crippen LogP contribution in [0, 0.1) is 0 Å². The number of rotatable bonds is 4. The molecule has 1 saturated heterocycles. The second kappa shape index (κ2) is 5.99. The monoisotopic (exact) mass is 299 g/mol. The summed E-state index contributed by atoms with van der Waals surface area (Å²) >= 11 is 0. The fourth-order valence-electron chi connectivity index (χ4n) is 2.31. The number of ether oxygens (including phenoxy) is 1. The molecule has 0 aliphatic carbocycles. The maximum absolute atomic E-state index is 12.4. The molecule has 112 valence electrons. The zero-order valence-electron chi connectivity index (χ0n) is 11.8. The van der Waals surface area contributed by atoms with Crippen molar-refractivity contribution in [3.63, 3.8) is 0 Å². The minimum Gasteiger partial charge on any atom is -0.497 e. The van der Waals surface area contributed by atoms with Gasteiger partial charge in [-0.15, -0.1) is 0 Å². The summed E-state index contributed by atoms with van der Waals surface area (Å²) < 4.78 is 32.5. The summed E-state index contributed by atoms with van der Waals surface area (Å²) in [6.07, 6.45) is 1.62. The maximum atomic E-state index is 12.4. The van der Waals surface area contributed by atoms with Crippen LogP contribution >= 0.6 is 0 Å². The zero-order valence-corrected chi connectivity index (χ0v) is 12.6. The van der Waals surface area contributed by atoms with E-state index in [2.05, 4.69) is 9.62 Å². The first-order chi connectivity index (χ1) is 9.42. The van der Waals surface area contributed by atoms with Gasteiger partial charge in [0, 0.05) is 12.1 Å². The van der Waals surface area contributed by atoms with Crippen molar-refractivity contribution in [2.45, 2.75) is 23.8 Å². The summed E-state index contributed by atoms with van der Waals surface area (Å²) in [6.45, 7) is 1.79. The smallest absolute Gasteiger partial charge is 0.242 e. The SMILES string of the molecule is COc1ccc(S(=O)(=O)NC2CCN(C)CC2)c(N)c1. The van der Waals surface area contributed by atoms with Crippen LogP contribution in [0.5, 0.6) is 5.75 Å². The number of anilines is 1. The molecule has 1 aromatic carbocycles. The number of benzene rings is 1. The van der Waals surface area contributed by atoms with Crippen molar-refractivity contribution in [1.29, 1.82) is 0 Å². The Hall–Kier alpha value is -1.31. The molecule has 0 spiro atoms. The van der Waals surface area contributed by atoms with Gasteiger partial charge < -0.3 is 15.4 Å². The van der Waals surface area contributed by atoms with Gasteiger partial charge in [-0.05, 0) is 45.1 Å². The standard InChI is InChI=1S/C13H21N3O3S/c1-16-7-5-10(6-8-16)15-20(17,18)13-4-3-11(19-2)9-12(13)14/h3-4,9-10,15H,5-8,14H2,1-2H3. The van der Waals surface area contributed by atoms with E-state index in [0.717, 1.165) is 25.9 Å². The Kier molecular flexibility index (Phi) is 4.52. The first-order valence-electron chi connectivity index (χ1n) is 6.57. The summed E-state index contributed by atoms with van der Waals surface area (Å²) in [4.78, 5) is 2.30. The molecular formula is C13H21N3O3S. The molecular weight excluding hydrogens is 278 g/mol. The number of nitrogen functional groups attached to an aromatic ring is 1. The molecule has 1 aliphatic rings. The van der Waals surface area contributed by atoms with Gasteiger partial charge in [0.15, 0.2) is 0 Å². The minimum atomic E-state index is -3.58. The van der Waals surface area contributed by atoms with Gasteiger partial charge in [-0.3, -0.25) is 0 Å². The number of hydrogen-bond acceptors (Lipinski definition) is 5. The third-order valence-corrected chi connectivity index (χ3v) is 5.14. The molecule has 0 amide bonds. The van der Waals surface area contributed by atoms with Crippen molar-refractivity contribution in [2.75, 3.05) is 33.0 Å². The predicted molar refractivity (Wildman–Crippen MR) is 78.2 cm³/mol. The number of sulfonamides is 1. The van der Waals surface area contributed by atoms with Crippen LogP contribution in [0.2, 0.25) is 0 Å². The second-order valence-corrected chi connectivity index (χ2v) is 6.78. The maximum Gasteiger partial charge on any atom is 0.242 e. The number of hydrogen-bond donors (Lipinski definition) is 2.